The number of halogens is 1. The molecular formula is C14H18ClNO4S. The lowest BCUT2D eigenvalue weighted by atomic mass is 9.95. The molecule has 1 fully saturated rings. The highest BCUT2D eigenvalue weighted by molar-refractivity contribution is 8.13. The van der Waals surface area contributed by atoms with Crippen molar-refractivity contribution in [2.24, 2.45) is 5.92 Å². The van der Waals surface area contributed by atoms with Crippen molar-refractivity contribution >= 4 is 25.6 Å². The zero-order chi connectivity index (χ0) is 15.6. The number of amides is 1. The zero-order valence-corrected chi connectivity index (χ0v) is 13.5. The summed E-state index contributed by atoms with van der Waals surface area (Å²) in [6.45, 7) is 3.33. The number of nitrogens with zero attached hydrogens (tertiary/aromatic N) is 1. The van der Waals surface area contributed by atoms with E-state index in [1.165, 1.54) is 24.3 Å². The lowest BCUT2D eigenvalue weighted by Crippen LogP contribution is -2.46. The van der Waals surface area contributed by atoms with E-state index in [9.17, 15) is 13.2 Å². The Morgan fingerprint density at radius 3 is 2.48 bits per heavy atom. The summed E-state index contributed by atoms with van der Waals surface area (Å²) >= 11 is 0. The molecule has 1 aromatic carbocycles. The molecule has 1 heterocycles. The first-order valence-electron chi connectivity index (χ1n) is 6.69. The molecule has 0 saturated carbocycles. The highest BCUT2D eigenvalue weighted by atomic mass is 35.7. The molecule has 1 saturated heterocycles. The van der Waals surface area contributed by atoms with Crippen LogP contribution in [-0.2, 0) is 13.8 Å². The van der Waals surface area contributed by atoms with Crippen LogP contribution in [0.25, 0.3) is 0 Å². The van der Waals surface area contributed by atoms with E-state index >= 15 is 0 Å². The second-order valence-corrected chi connectivity index (χ2v) is 7.82. The standard InChI is InChI=1S/C14H18ClNO4S/c1-10-7-8-16(9-13(10)20-2)14(17)11-3-5-12(6-4-11)21(15,18)19/h3-6,10,13H,7-9H2,1-2H3. The fraction of sp³-hybridized carbons (Fsp3) is 0.500. The van der Waals surface area contributed by atoms with Crippen molar-refractivity contribution < 1.29 is 17.9 Å². The van der Waals surface area contributed by atoms with E-state index in [1.807, 2.05) is 0 Å². The summed E-state index contributed by atoms with van der Waals surface area (Å²) < 4.78 is 27.8. The molecule has 1 aromatic rings. The Hall–Kier alpha value is -1.11. The monoisotopic (exact) mass is 331 g/mol. The predicted octanol–water partition coefficient (Wildman–Crippen LogP) is 2.11. The lowest BCUT2D eigenvalue weighted by Gasteiger charge is -2.36. The van der Waals surface area contributed by atoms with E-state index in [-0.39, 0.29) is 16.9 Å². The smallest absolute Gasteiger partial charge is 0.261 e. The van der Waals surface area contributed by atoms with Crippen molar-refractivity contribution in [3.05, 3.63) is 29.8 Å². The number of methoxy groups -OCH3 is 1. The van der Waals surface area contributed by atoms with Crippen LogP contribution < -0.4 is 0 Å². The van der Waals surface area contributed by atoms with Gasteiger partial charge < -0.3 is 9.64 Å². The molecule has 0 N–H and O–H groups in total. The van der Waals surface area contributed by atoms with Gasteiger partial charge in [0, 0.05) is 36.4 Å². The van der Waals surface area contributed by atoms with Gasteiger partial charge in [-0.1, -0.05) is 6.92 Å². The van der Waals surface area contributed by atoms with Gasteiger partial charge >= 0.3 is 0 Å². The van der Waals surface area contributed by atoms with E-state index in [0.29, 0.717) is 24.6 Å². The summed E-state index contributed by atoms with van der Waals surface area (Å²) in [4.78, 5) is 14.1. The van der Waals surface area contributed by atoms with Crippen LogP contribution in [0.1, 0.15) is 23.7 Å². The summed E-state index contributed by atoms with van der Waals surface area (Å²) in [6, 6.07) is 5.65. The lowest BCUT2D eigenvalue weighted by molar-refractivity contribution is -0.00156. The predicted molar refractivity (Wildman–Crippen MR) is 80.0 cm³/mol. The third kappa shape index (κ3) is 3.75. The minimum absolute atomic E-state index is 0.0113. The largest absolute Gasteiger partial charge is 0.379 e. The van der Waals surface area contributed by atoms with Crippen LogP contribution >= 0.6 is 10.7 Å². The van der Waals surface area contributed by atoms with E-state index in [1.54, 1.807) is 12.0 Å². The van der Waals surface area contributed by atoms with Gasteiger partial charge in [0.2, 0.25) is 0 Å². The molecule has 2 atom stereocenters. The number of carbonyl (C=O) groups excluding carboxylic acids is 1. The van der Waals surface area contributed by atoms with E-state index in [0.717, 1.165) is 6.42 Å². The number of benzene rings is 1. The number of likely N-dealkylation sites (tertiary alicyclic amines) is 1. The van der Waals surface area contributed by atoms with Crippen molar-refractivity contribution in [2.45, 2.75) is 24.3 Å². The van der Waals surface area contributed by atoms with Gasteiger partial charge in [0.1, 0.15) is 0 Å². The van der Waals surface area contributed by atoms with Gasteiger partial charge in [0.25, 0.3) is 15.0 Å². The van der Waals surface area contributed by atoms with Crippen LogP contribution in [0.5, 0.6) is 0 Å². The number of ether oxygens (including phenoxy) is 1. The number of carbonyl (C=O) groups is 1. The molecule has 0 aliphatic carbocycles. The maximum atomic E-state index is 12.4. The molecule has 1 aliphatic heterocycles. The first-order chi connectivity index (χ1) is 9.82. The Kier molecular flexibility index (Phi) is 4.91. The quantitative estimate of drug-likeness (QED) is 0.796. The third-order valence-electron chi connectivity index (χ3n) is 3.86. The molecule has 1 aliphatic rings. The summed E-state index contributed by atoms with van der Waals surface area (Å²) in [5, 5.41) is 0. The first-order valence-corrected chi connectivity index (χ1v) is 9.00. The molecule has 1 amide bonds. The van der Waals surface area contributed by atoms with Gasteiger partial charge in [0.05, 0.1) is 11.0 Å². The van der Waals surface area contributed by atoms with Crippen molar-refractivity contribution in [2.75, 3.05) is 20.2 Å². The normalized spacial score (nSPS) is 23.1. The Labute approximate surface area is 129 Å². The third-order valence-corrected chi connectivity index (χ3v) is 5.23. The number of hydrogen-bond donors (Lipinski definition) is 0. The van der Waals surface area contributed by atoms with Gasteiger partial charge in [-0.15, -0.1) is 0 Å². The summed E-state index contributed by atoms with van der Waals surface area (Å²) in [6.07, 6.45) is 0.920. The Morgan fingerprint density at radius 1 is 1.33 bits per heavy atom. The fourth-order valence-corrected chi connectivity index (χ4v) is 3.24. The van der Waals surface area contributed by atoms with Crippen LogP contribution in [0, 0.1) is 5.92 Å². The Balaban J connectivity index is 2.13. The summed E-state index contributed by atoms with van der Waals surface area (Å²) in [5.41, 5.74) is 0.448. The molecule has 0 radical (unpaired) electrons. The van der Waals surface area contributed by atoms with Crippen molar-refractivity contribution in [3.63, 3.8) is 0 Å². The van der Waals surface area contributed by atoms with Crippen LogP contribution in [-0.4, -0.2) is 45.5 Å². The number of piperidine rings is 1. The minimum atomic E-state index is -3.76. The van der Waals surface area contributed by atoms with Crippen molar-refractivity contribution in [3.8, 4) is 0 Å². The second-order valence-electron chi connectivity index (χ2n) is 5.25. The van der Waals surface area contributed by atoms with Crippen LogP contribution in [0.2, 0.25) is 0 Å². The Morgan fingerprint density at radius 2 is 1.95 bits per heavy atom. The van der Waals surface area contributed by atoms with Crippen LogP contribution in [0.4, 0.5) is 0 Å². The highest BCUT2D eigenvalue weighted by Crippen LogP contribution is 2.22. The molecular weight excluding hydrogens is 314 g/mol. The molecule has 5 nitrogen and oxygen atoms in total. The maximum absolute atomic E-state index is 12.4. The minimum Gasteiger partial charge on any atom is -0.379 e. The molecule has 0 spiro atoms. The van der Waals surface area contributed by atoms with Gasteiger partial charge in [-0.2, -0.15) is 0 Å². The fourth-order valence-electron chi connectivity index (χ4n) is 2.47. The van der Waals surface area contributed by atoms with Crippen LogP contribution in [0.15, 0.2) is 29.2 Å². The molecule has 0 bridgehead atoms. The molecule has 116 valence electrons. The zero-order valence-electron chi connectivity index (χ0n) is 12.0. The van der Waals surface area contributed by atoms with E-state index in [4.69, 9.17) is 15.4 Å². The number of rotatable bonds is 3. The van der Waals surface area contributed by atoms with Gasteiger partial charge in [-0.25, -0.2) is 8.42 Å². The molecule has 21 heavy (non-hydrogen) atoms. The molecule has 2 rings (SSSR count). The van der Waals surface area contributed by atoms with Gasteiger partial charge in [-0.3, -0.25) is 4.79 Å². The Bertz CT molecular complexity index is 614. The highest BCUT2D eigenvalue weighted by Gasteiger charge is 2.29. The van der Waals surface area contributed by atoms with Crippen molar-refractivity contribution in [1.29, 1.82) is 0 Å². The van der Waals surface area contributed by atoms with Crippen molar-refractivity contribution in [1.82, 2.24) is 4.90 Å². The van der Waals surface area contributed by atoms with E-state index < -0.39 is 9.05 Å². The summed E-state index contributed by atoms with van der Waals surface area (Å²) in [7, 11) is 3.14. The van der Waals surface area contributed by atoms with Crippen LogP contribution in [0.3, 0.4) is 0 Å². The van der Waals surface area contributed by atoms with Gasteiger partial charge in [0.15, 0.2) is 0 Å². The average Bonchev–Trinajstić information content (AvgIpc) is 2.46. The average molecular weight is 332 g/mol. The number of hydrogen-bond acceptors (Lipinski definition) is 4. The SMILES string of the molecule is COC1CN(C(=O)c2ccc(S(=O)(=O)Cl)cc2)CCC1C. The van der Waals surface area contributed by atoms with Gasteiger partial charge in [-0.05, 0) is 36.6 Å². The second kappa shape index (κ2) is 6.34. The molecule has 2 unspecified atom stereocenters. The summed E-state index contributed by atoms with van der Waals surface area (Å²) in [5.74, 6) is 0.297. The van der Waals surface area contributed by atoms with E-state index in [2.05, 4.69) is 6.92 Å². The maximum Gasteiger partial charge on any atom is 0.261 e. The first kappa shape index (κ1) is 16.3. The topological polar surface area (TPSA) is 63.7 Å². The molecule has 7 heteroatoms. The molecule has 0 aromatic heterocycles.